The van der Waals surface area contributed by atoms with E-state index < -0.39 is 24.0 Å². The van der Waals surface area contributed by atoms with Gasteiger partial charge in [0.15, 0.2) is 30.0 Å². The van der Waals surface area contributed by atoms with Crippen molar-refractivity contribution in [3.8, 4) is 5.75 Å². The van der Waals surface area contributed by atoms with E-state index in [1.165, 1.54) is 19.6 Å². The molecule has 0 radical (unpaired) electrons. The number of aliphatic imine (C=N–C) groups is 2. The fourth-order valence-corrected chi connectivity index (χ4v) is 4.80. The maximum atomic E-state index is 13.7. The summed E-state index contributed by atoms with van der Waals surface area (Å²) >= 11 is 0. The van der Waals surface area contributed by atoms with E-state index in [0.29, 0.717) is 30.4 Å². The molecular formula is C30H35F4N7O5. The number of carboxylic acid groups (broad SMARTS) is 1. The topological polar surface area (TPSA) is 180 Å². The van der Waals surface area contributed by atoms with Gasteiger partial charge < -0.3 is 20.9 Å². The predicted molar refractivity (Wildman–Crippen MR) is 160 cm³/mol. The van der Waals surface area contributed by atoms with Crippen molar-refractivity contribution in [1.29, 1.82) is 0 Å². The highest BCUT2D eigenvalue weighted by molar-refractivity contribution is 6.00. The summed E-state index contributed by atoms with van der Waals surface area (Å²) in [7, 11) is 1.39. The minimum Gasteiger partial charge on any atom is -0.494 e. The summed E-state index contributed by atoms with van der Waals surface area (Å²) in [6, 6.07) is 11.0. The Bertz CT molecular complexity index is 1460. The number of halogens is 4. The monoisotopic (exact) mass is 649 g/mol. The number of aliphatic carboxylic acids is 1. The number of amidine groups is 1. The fraction of sp³-hybridized carbons (Fsp3) is 0.433. The third-order valence-corrected chi connectivity index (χ3v) is 7.10. The zero-order valence-corrected chi connectivity index (χ0v) is 25.0. The number of azo groups is 1. The maximum absolute atomic E-state index is 13.7. The fourth-order valence-electron chi connectivity index (χ4n) is 4.80. The van der Waals surface area contributed by atoms with Gasteiger partial charge in [0.05, 0.1) is 13.5 Å². The molecule has 1 heterocycles. The van der Waals surface area contributed by atoms with Crippen LogP contribution in [-0.4, -0.2) is 60.7 Å². The number of hydrogen-bond donors (Lipinski definition) is 4. The number of nitrogens with one attached hydrogen (secondary N) is 2. The van der Waals surface area contributed by atoms with Gasteiger partial charge in [0.25, 0.3) is 0 Å². The number of benzene rings is 2. The molecule has 0 saturated heterocycles. The van der Waals surface area contributed by atoms with E-state index in [9.17, 15) is 27.2 Å². The van der Waals surface area contributed by atoms with E-state index in [0.717, 1.165) is 36.8 Å². The SMILES string of the molecule is COc1cc(CNC(=O)[C@@H](CC2CCCCC2)N=C(N)NC(=O)Cc2ccc(C3=NCN=N3)cc2)ccc1F.O=C(O)C(F)(F)F. The largest absolute Gasteiger partial charge is 0.494 e. The summed E-state index contributed by atoms with van der Waals surface area (Å²) in [6.07, 6.45) is 1.06. The van der Waals surface area contributed by atoms with Gasteiger partial charge in [0, 0.05) is 12.1 Å². The quantitative estimate of drug-likeness (QED) is 0.170. The third kappa shape index (κ3) is 11.6. The molecule has 248 valence electrons. The average Bonchev–Trinajstić information content (AvgIpc) is 3.56. The minimum absolute atomic E-state index is 0.0936. The molecule has 5 N–H and O–H groups in total. The average molecular weight is 650 g/mol. The molecule has 2 aliphatic rings. The number of rotatable bonds is 10. The lowest BCUT2D eigenvalue weighted by Crippen LogP contribution is -2.42. The number of alkyl halides is 3. The summed E-state index contributed by atoms with van der Waals surface area (Å²) in [5.41, 5.74) is 8.39. The van der Waals surface area contributed by atoms with E-state index in [1.54, 1.807) is 12.1 Å². The number of ether oxygens (including phenoxy) is 1. The number of guanidine groups is 1. The first-order valence-electron chi connectivity index (χ1n) is 14.4. The zero-order chi connectivity index (χ0) is 33.7. The van der Waals surface area contributed by atoms with Gasteiger partial charge in [-0.15, -0.1) is 5.11 Å². The van der Waals surface area contributed by atoms with E-state index in [4.69, 9.17) is 20.4 Å². The van der Waals surface area contributed by atoms with Crippen LogP contribution in [0.25, 0.3) is 0 Å². The molecule has 46 heavy (non-hydrogen) atoms. The van der Waals surface area contributed by atoms with E-state index in [1.807, 2.05) is 24.3 Å². The van der Waals surface area contributed by atoms with Gasteiger partial charge in [-0.1, -0.05) is 62.4 Å². The van der Waals surface area contributed by atoms with E-state index >= 15 is 0 Å². The summed E-state index contributed by atoms with van der Waals surface area (Å²) in [5, 5.41) is 20.4. The molecule has 1 aliphatic carbocycles. The Labute approximate surface area is 262 Å². The van der Waals surface area contributed by atoms with Gasteiger partial charge in [-0.3, -0.25) is 14.9 Å². The van der Waals surface area contributed by atoms with Gasteiger partial charge in [-0.25, -0.2) is 19.2 Å². The summed E-state index contributed by atoms with van der Waals surface area (Å²) < 4.78 is 50.5. The van der Waals surface area contributed by atoms with Crippen molar-refractivity contribution in [2.24, 2.45) is 31.9 Å². The number of hydrogen-bond acceptors (Lipinski definition) is 8. The molecule has 1 aliphatic heterocycles. The van der Waals surface area contributed by atoms with Crippen LogP contribution in [0, 0.1) is 11.7 Å². The van der Waals surface area contributed by atoms with Crippen molar-refractivity contribution in [2.75, 3.05) is 13.8 Å². The lowest BCUT2D eigenvalue weighted by Gasteiger charge is -2.24. The molecule has 1 atom stereocenters. The normalized spacial score (nSPS) is 15.7. The molecule has 12 nitrogen and oxygen atoms in total. The molecule has 2 amide bonds. The molecule has 2 aromatic carbocycles. The lowest BCUT2D eigenvalue weighted by molar-refractivity contribution is -0.192. The van der Waals surface area contributed by atoms with Crippen molar-refractivity contribution in [1.82, 2.24) is 10.6 Å². The summed E-state index contributed by atoms with van der Waals surface area (Å²) in [4.78, 5) is 43.3. The summed E-state index contributed by atoms with van der Waals surface area (Å²) in [5.74, 6) is -2.93. The number of carbonyl (C=O) groups excluding carboxylic acids is 2. The number of methoxy groups -OCH3 is 1. The Hall–Kier alpha value is -4.89. The number of nitrogens with two attached hydrogens (primary N) is 1. The van der Waals surface area contributed by atoms with Crippen LogP contribution >= 0.6 is 0 Å². The van der Waals surface area contributed by atoms with Crippen LogP contribution in [0.1, 0.15) is 55.2 Å². The smallest absolute Gasteiger partial charge is 0.490 e. The second kappa shape index (κ2) is 17.0. The standard InChI is InChI=1S/C28H34FN7O3.C2HF3O2/c1-39-24-14-20(9-12-22(24)29)16-31-27(38)23(13-18-5-3-2-4-6-18)34-28(30)35-25(37)15-19-7-10-21(11-8-19)26-32-17-33-36-26;3-2(4,5)1(6)7/h7-12,14,18,23H,2-6,13,15-17H2,1H3,(H,31,38)(H3,30,34,35,37);(H,6,7)/t23-;/m1./s1. The highest BCUT2D eigenvalue weighted by Gasteiger charge is 2.38. The highest BCUT2D eigenvalue weighted by Crippen LogP contribution is 2.28. The van der Waals surface area contributed by atoms with Crippen molar-refractivity contribution in [3.05, 3.63) is 65.0 Å². The van der Waals surface area contributed by atoms with Gasteiger partial charge >= 0.3 is 12.1 Å². The van der Waals surface area contributed by atoms with Crippen molar-refractivity contribution in [2.45, 2.75) is 63.7 Å². The maximum Gasteiger partial charge on any atom is 0.490 e. The zero-order valence-electron chi connectivity index (χ0n) is 25.0. The molecule has 2 aromatic rings. The van der Waals surface area contributed by atoms with E-state index in [-0.39, 0.29) is 36.5 Å². The Morgan fingerprint density at radius 1 is 1.09 bits per heavy atom. The van der Waals surface area contributed by atoms with Crippen molar-refractivity contribution >= 4 is 29.6 Å². The molecule has 1 saturated carbocycles. The van der Waals surface area contributed by atoms with Gasteiger partial charge in [-0.2, -0.15) is 18.3 Å². The molecule has 1 fully saturated rings. The van der Waals surface area contributed by atoms with Gasteiger partial charge in [-0.05, 0) is 35.6 Å². The van der Waals surface area contributed by atoms with Crippen LogP contribution in [0.5, 0.6) is 5.75 Å². The Balaban J connectivity index is 0.000000738. The molecule has 0 bridgehead atoms. The van der Waals surface area contributed by atoms with Crippen LogP contribution in [0.4, 0.5) is 17.6 Å². The third-order valence-electron chi connectivity index (χ3n) is 7.10. The van der Waals surface area contributed by atoms with Crippen molar-refractivity contribution < 1.29 is 41.8 Å². The van der Waals surface area contributed by atoms with Crippen LogP contribution < -0.4 is 21.1 Å². The van der Waals surface area contributed by atoms with Crippen LogP contribution in [0.3, 0.4) is 0 Å². The molecule has 0 unspecified atom stereocenters. The second-order valence-electron chi connectivity index (χ2n) is 10.5. The highest BCUT2D eigenvalue weighted by atomic mass is 19.4. The Morgan fingerprint density at radius 3 is 2.33 bits per heavy atom. The lowest BCUT2D eigenvalue weighted by atomic mass is 9.84. The molecule has 4 rings (SSSR count). The molecule has 0 aromatic heterocycles. The summed E-state index contributed by atoms with van der Waals surface area (Å²) in [6.45, 7) is 0.515. The van der Waals surface area contributed by atoms with Crippen LogP contribution in [-0.2, 0) is 27.3 Å². The Morgan fingerprint density at radius 2 is 1.74 bits per heavy atom. The number of carboxylic acids is 1. The molecular weight excluding hydrogens is 614 g/mol. The van der Waals surface area contributed by atoms with Gasteiger partial charge in [0.2, 0.25) is 11.8 Å². The van der Waals surface area contributed by atoms with E-state index in [2.05, 4.69) is 30.8 Å². The van der Waals surface area contributed by atoms with Crippen LogP contribution in [0.2, 0.25) is 0 Å². The number of nitrogens with zero attached hydrogens (tertiary/aromatic N) is 4. The predicted octanol–water partition coefficient (Wildman–Crippen LogP) is 4.27. The first-order valence-corrected chi connectivity index (χ1v) is 14.4. The first kappa shape index (κ1) is 35.6. The molecule has 0 spiro atoms. The molecule has 16 heteroatoms. The Kier molecular flexibility index (Phi) is 13.1. The van der Waals surface area contributed by atoms with Crippen molar-refractivity contribution in [3.63, 3.8) is 0 Å². The first-order chi connectivity index (χ1) is 21.8. The number of carbonyl (C=O) groups is 3. The number of amides is 2. The van der Waals surface area contributed by atoms with Crippen LogP contribution in [0.15, 0.2) is 62.7 Å². The van der Waals surface area contributed by atoms with Gasteiger partial charge in [0.1, 0.15) is 6.04 Å². The minimum atomic E-state index is -5.08. The second-order valence-corrected chi connectivity index (χ2v) is 10.5.